The minimum atomic E-state index is 0. The molecule has 1 aromatic rings. The molecule has 0 amide bonds. The van der Waals surface area contributed by atoms with Gasteiger partial charge in [0.1, 0.15) is 5.54 Å². The molecular weight excluding hydrogens is 338 g/mol. The van der Waals surface area contributed by atoms with Gasteiger partial charge >= 0.3 is 0 Å². The molecule has 26 heavy (non-hydrogen) atoms. The van der Waals surface area contributed by atoms with Crippen molar-refractivity contribution in [3.63, 3.8) is 0 Å². The normalized spacial score (nSPS) is 12.1. The van der Waals surface area contributed by atoms with E-state index in [2.05, 4.69) is 66.2 Å². The fraction of sp³-hybridized carbons (Fsp3) is 0.750. The summed E-state index contributed by atoms with van der Waals surface area (Å²) in [5.41, 5.74) is 3.23. The fourth-order valence-corrected chi connectivity index (χ4v) is 3.50. The van der Waals surface area contributed by atoms with E-state index in [-0.39, 0.29) is 17.9 Å². The van der Waals surface area contributed by atoms with Gasteiger partial charge in [0.05, 0.1) is 21.1 Å². The Kier molecular flexibility index (Phi) is 12.5. The minimum Gasteiger partial charge on any atom is -1.00 e. The van der Waals surface area contributed by atoms with Crippen molar-refractivity contribution in [1.82, 2.24) is 0 Å². The molecule has 0 aliphatic heterocycles. The predicted molar refractivity (Wildman–Crippen MR) is 113 cm³/mol. The van der Waals surface area contributed by atoms with Gasteiger partial charge in [-0.05, 0) is 32.3 Å². The highest BCUT2D eigenvalue weighted by molar-refractivity contribution is 5.31. The van der Waals surface area contributed by atoms with E-state index in [1.807, 2.05) is 0 Å². The maximum Gasteiger partial charge on any atom is 0.119 e. The number of aryl methyl sites for hydroxylation is 1. The van der Waals surface area contributed by atoms with Gasteiger partial charge < -0.3 is 16.9 Å². The Labute approximate surface area is 170 Å². The van der Waals surface area contributed by atoms with Crippen LogP contribution in [0.15, 0.2) is 24.3 Å². The Morgan fingerprint density at radius 2 is 1.19 bits per heavy atom. The summed E-state index contributed by atoms with van der Waals surface area (Å²) in [7, 11) is 6.91. The third-order valence-corrected chi connectivity index (χ3v) is 6.15. The maximum absolute atomic E-state index is 2.38. The molecule has 0 unspecified atom stereocenters. The number of hydrogen-bond acceptors (Lipinski definition) is 0. The van der Waals surface area contributed by atoms with E-state index in [0.717, 1.165) is 4.48 Å². The van der Waals surface area contributed by atoms with E-state index in [9.17, 15) is 0 Å². The second kappa shape index (κ2) is 12.8. The largest absolute Gasteiger partial charge is 1.00 e. The Morgan fingerprint density at radius 1 is 0.731 bits per heavy atom. The lowest BCUT2D eigenvalue weighted by Gasteiger charge is -2.42. The molecule has 1 aromatic carbocycles. The lowest BCUT2D eigenvalue weighted by Crippen LogP contribution is -3.00. The van der Waals surface area contributed by atoms with Crippen LogP contribution in [0.2, 0.25) is 0 Å². The molecule has 2 heteroatoms. The van der Waals surface area contributed by atoms with Crippen LogP contribution in [0.1, 0.15) is 96.1 Å². The van der Waals surface area contributed by atoms with Crippen LogP contribution in [0.3, 0.4) is 0 Å². The molecule has 0 bridgehead atoms. The van der Waals surface area contributed by atoms with Crippen molar-refractivity contribution in [3.05, 3.63) is 35.4 Å². The van der Waals surface area contributed by atoms with Crippen molar-refractivity contribution < 1.29 is 16.9 Å². The number of halogens is 1. The van der Waals surface area contributed by atoms with Crippen molar-refractivity contribution in [1.29, 1.82) is 0 Å². The van der Waals surface area contributed by atoms with Crippen molar-refractivity contribution in [3.8, 4) is 0 Å². The molecule has 0 fully saturated rings. The molecule has 0 atom stereocenters. The molecule has 0 aromatic heterocycles. The monoisotopic (exact) mass is 381 g/mol. The third-order valence-electron chi connectivity index (χ3n) is 6.15. The van der Waals surface area contributed by atoms with Gasteiger partial charge in [-0.1, -0.05) is 89.0 Å². The van der Waals surface area contributed by atoms with Gasteiger partial charge in [0.2, 0.25) is 0 Å². The Bertz CT molecular complexity index is 473. The number of nitrogens with zero attached hydrogens (tertiary/aromatic N) is 1. The van der Waals surface area contributed by atoms with Crippen LogP contribution in [0.4, 0.5) is 0 Å². The molecule has 0 saturated heterocycles. The van der Waals surface area contributed by atoms with Crippen LogP contribution < -0.4 is 12.4 Å². The van der Waals surface area contributed by atoms with Crippen LogP contribution in [0, 0.1) is 0 Å². The van der Waals surface area contributed by atoms with Gasteiger partial charge in [0, 0.05) is 5.56 Å². The number of unbranched alkanes of at least 4 members (excludes halogenated alkanes) is 9. The predicted octanol–water partition coefficient (Wildman–Crippen LogP) is 4.10. The highest BCUT2D eigenvalue weighted by Crippen LogP contribution is 2.33. The van der Waals surface area contributed by atoms with Gasteiger partial charge in [0.15, 0.2) is 0 Å². The molecule has 0 N–H and O–H groups in total. The van der Waals surface area contributed by atoms with Crippen LogP contribution in [-0.4, -0.2) is 25.6 Å². The highest BCUT2D eigenvalue weighted by atomic mass is 35.5. The molecule has 152 valence electrons. The number of hydrogen-bond donors (Lipinski definition) is 0. The molecule has 1 nitrogen and oxygen atoms in total. The summed E-state index contributed by atoms with van der Waals surface area (Å²) < 4.78 is 0.960. The quantitative estimate of drug-likeness (QED) is 0.356. The minimum absolute atomic E-state index is 0. The molecule has 0 saturated carbocycles. The number of benzene rings is 1. The molecule has 1 rings (SSSR count). The van der Waals surface area contributed by atoms with Crippen molar-refractivity contribution in [2.45, 2.75) is 96.9 Å². The first kappa shape index (κ1) is 25.5. The lowest BCUT2D eigenvalue weighted by molar-refractivity contribution is -0.927. The second-order valence-electron chi connectivity index (χ2n) is 9.16. The summed E-state index contributed by atoms with van der Waals surface area (Å²) in [5.74, 6) is 0. The van der Waals surface area contributed by atoms with E-state index in [0.29, 0.717) is 0 Å². The number of rotatable bonds is 13. The Morgan fingerprint density at radius 3 is 1.69 bits per heavy atom. The molecule has 0 spiro atoms. The first-order valence-corrected chi connectivity index (χ1v) is 10.7. The van der Waals surface area contributed by atoms with Gasteiger partial charge in [0.25, 0.3) is 0 Å². The second-order valence-corrected chi connectivity index (χ2v) is 9.16. The van der Waals surface area contributed by atoms with Gasteiger partial charge in [-0.15, -0.1) is 0 Å². The standard InChI is InChI=1S/C24H44N.ClH/c1-7-8-9-10-11-12-13-14-15-16-19-22-20-17-18-21-23(22)24(2,3)25(4,5)6;/h17-18,20-21H,7-16,19H2,1-6H3;1H/q+1;/p-1. The van der Waals surface area contributed by atoms with Crippen molar-refractivity contribution in [2.24, 2.45) is 0 Å². The van der Waals surface area contributed by atoms with Crippen LogP contribution in [0.25, 0.3) is 0 Å². The van der Waals surface area contributed by atoms with Crippen LogP contribution in [-0.2, 0) is 12.0 Å². The van der Waals surface area contributed by atoms with E-state index >= 15 is 0 Å². The first-order valence-electron chi connectivity index (χ1n) is 10.7. The third kappa shape index (κ3) is 8.44. The maximum atomic E-state index is 2.38. The highest BCUT2D eigenvalue weighted by Gasteiger charge is 2.36. The zero-order valence-electron chi connectivity index (χ0n) is 18.4. The fourth-order valence-electron chi connectivity index (χ4n) is 3.50. The van der Waals surface area contributed by atoms with Crippen molar-refractivity contribution >= 4 is 0 Å². The summed E-state index contributed by atoms with van der Waals surface area (Å²) in [6.07, 6.45) is 15.3. The van der Waals surface area contributed by atoms with E-state index < -0.39 is 0 Å². The zero-order valence-corrected chi connectivity index (χ0v) is 19.2. The van der Waals surface area contributed by atoms with Gasteiger partial charge in [-0.2, -0.15) is 0 Å². The van der Waals surface area contributed by atoms with E-state index in [1.165, 1.54) is 76.2 Å². The van der Waals surface area contributed by atoms with Crippen LogP contribution in [0.5, 0.6) is 0 Å². The SMILES string of the molecule is CCCCCCCCCCCCc1ccccc1C(C)(C)[N+](C)(C)C.[Cl-]. The van der Waals surface area contributed by atoms with Crippen molar-refractivity contribution in [2.75, 3.05) is 21.1 Å². The van der Waals surface area contributed by atoms with E-state index in [4.69, 9.17) is 0 Å². The summed E-state index contributed by atoms with van der Waals surface area (Å²) in [4.78, 5) is 0. The van der Waals surface area contributed by atoms with Gasteiger partial charge in [-0.25, -0.2) is 0 Å². The zero-order chi connectivity index (χ0) is 18.8. The molecule has 0 radical (unpaired) electrons. The molecule has 0 aliphatic carbocycles. The molecule has 0 aliphatic rings. The summed E-state index contributed by atoms with van der Waals surface area (Å²) in [6, 6.07) is 9.10. The average molecular weight is 382 g/mol. The average Bonchev–Trinajstić information content (AvgIpc) is 2.56. The summed E-state index contributed by atoms with van der Waals surface area (Å²) in [6.45, 7) is 7.05. The van der Waals surface area contributed by atoms with E-state index in [1.54, 1.807) is 5.56 Å². The van der Waals surface area contributed by atoms with Gasteiger partial charge in [-0.3, -0.25) is 0 Å². The number of quaternary nitrogens is 1. The Hall–Kier alpha value is -0.530. The first-order chi connectivity index (χ1) is 11.8. The molecular formula is C24H44ClN. The topological polar surface area (TPSA) is 0 Å². The Balaban J connectivity index is 0.00000625. The smallest absolute Gasteiger partial charge is 0.119 e. The summed E-state index contributed by atoms with van der Waals surface area (Å²) in [5, 5.41) is 0. The molecule has 0 heterocycles. The van der Waals surface area contributed by atoms with Crippen LogP contribution >= 0.6 is 0 Å². The lowest BCUT2D eigenvalue weighted by atomic mass is 9.85. The summed E-state index contributed by atoms with van der Waals surface area (Å²) >= 11 is 0.